The Balaban J connectivity index is 1.64. The van der Waals surface area contributed by atoms with Crippen molar-refractivity contribution in [2.45, 2.75) is 19.5 Å². The summed E-state index contributed by atoms with van der Waals surface area (Å²) in [4.78, 5) is 23.7. The van der Waals surface area contributed by atoms with Crippen LogP contribution in [0.5, 0.6) is 0 Å². The fourth-order valence-corrected chi connectivity index (χ4v) is 5.12. The van der Waals surface area contributed by atoms with Crippen molar-refractivity contribution in [2.24, 2.45) is 0 Å². The molecule has 0 amide bonds. The van der Waals surface area contributed by atoms with E-state index >= 15 is 0 Å². The summed E-state index contributed by atoms with van der Waals surface area (Å²) in [5.74, 6) is 0.714. The molecule has 4 nitrogen and oxygen atoms in total. The van der Waals surface area contributed by atoms with Gasteiger partial charge in [0.25, 0.3) is 5.56 Å². The molecule has 0 aliphatic heterocycles. The van der Waals surface area contributed by atoms with E-state index in [4.69, 9.17) is 16.6 Å². The number of nitrogens with zero attached hydrogens (tertiary/aromatic N) is 1. The maximum atomic E-state index is 12.8. The normalized spacial score (nSPS) is 13.7. The van der Waals surface area contributed by atoms with Crippen LogP contribution in [0.3, 0.4) is 0 Å². The Hall–Kier alpha value is -1.99. The highest BCUT2D eigenvalue weighted by atomic mass is 35.5. The van der Waals surface area contributed by atoms with Crippen LogP contribution in [0.2, 0.25) is 5.02 Å². The Bertz CT molecular complexity index is 1130. The van der Waals surface area contributed by atoms with E-state index in [9.17, 15) is 4.79 Å². The van der Waals surface area contributed by atoms with Gasteiger partial charge in [-0.15, -0.1) is 22.7 Å². The molecule has 0 fully saturated rings. The molecule has 0 bridgehead atoms. The van der Waals surface area contributed by atoms with Gasteiger partial charge in [-0.2, -0.15) is 0 Å². The number of rotatable bonds is 5. The van der Waals surface area contributed by atoms with Gasteiger partial charge in [0.2, 0.25) is 0 Å². The topological polar surface area (TPSA) is 50.2 Å². The van der Waals surface area contributed by atoms with Crippen molar-refractivity contribution in [3.05, 3.63) is 73.9 Å². The first-order valence-corrected chi connectivity index (χ1v) is 10.8. The van der Waals surface area contributed by atoms with Gasteiger partial charge in [0.15, 0.2) is 5.82 Å². The van der Waals surface area contributed by atoms with Crippen LogP contribution >= 0.6 is 34.3 Å². The van der Waals surface area contributed by atoms with Gasteiger partial charge in [0.1, 0.15) is 17.4 Å². The Morgan fingerprint density at radius 2 is 2.11 bits per heavy atom. The fraction of sp³-hybridized carbons (Fsp3) is 0.200. The number of hydrogen-bond donors (Lipinski definition) is 2. The van der Waals surface area contributed by atoms with Crippen molar-refractivity contribution >= 4 is 44.5 Å². The quantitative estimate of drug-likeness (QED) is 0.513. The summed E-state index contributed by atoms with van der Waals surface area (Å²) in [5.41, 5.74) is 2.06. The molecule has 2 atom stereocenters. The fourth-order valence-electron chi connectivity index (χ4n) is 3.14. The number of nitrogens with one attached hydrogen (secondary N) is 2. The minimum atomic E-state index is -0.0675. The minimum absolute atomic E-state index is 0.0494. The molecule has 0 radical (unpaired) electrons. The molecule has 0 spiro atoms. The van der Waals surface area contributed by atoms with E-state index in [0.717, 1.165) is 32.4 Å². The zero-order valence-corrected chi connectivity index (χ0v) is 17.3. The van der Waals surface area contributed by atoms with Gasteiger partial charge in [-0.05, 0) is 30.5 Å². The first-order chi connectivity index (χ1) is 13.0. The van der Waals surface area contributed by atoms with Crippen LogP contribution in [0.1, 0.15) is 24.4 Å². The van der Waals surface area contributed by atoms with Crippen molar-refractivity contribution in [1.29, 1.82) is 0 Å². The van der Waals surface area contributed by atoms with Gasteiger partial charge in [0, 0.05) is 26.4 Å². The molecule has 0 saturated carbocycles. The van der Waals surface area contributed by atoms with Crippen molar-refractivity contribution in [2.75, 3.05) is 7.05 Å². The third kappa shape index (κ3) is 3.71. The number of quaternary nitrogens is 1. The van der Waals surface area contributed by atoms with Crippen LogP contribution in [0.25, 0.3) is 20.7 Å². The second kappa shape index (κ2) is 7.56. The molecule has 4 rings (SSSR count). The zero-order valence-electron chi connectivity index (χ0n) is 15.0. The molecule has 27 heavy (non-hydrogen) atoms. The average molecular weight is 417 g/mol. The molecule has 0 saturated heterocycles. The zero-order chi connectivity index (χ0) is 19.0. The molecule has 138 valence electrons. The highest BCUT2D eigenvalue weighted by Crippen LogP contribution is 2.33. The molecule has 0 aliphatic rings. The summed E-state index contributed by atoms with van der Waals surface area (Å²) in [5, 5.41) is 5.47. The van der Waals surface area contributed by atoms with E-state index in [2.05, 4.69) is 25.0 Å². The van der Waals surface area contributed by atoms with Crippen molar-refractivity contribution in [3.63, 3.8) is 0 Å². The summed E-state index contributed by atoms with van der Waals surface area (Å²) < 4.78 is 0. The molecule has 0 aliphatic carbocycles. The molecular formula is C20H19ClN3OS2+. The predicted molar refractivity (Wildman–Crippen MR) is 114 cm³/mol. The number of halogens is 1. The van der Waals surface area contributed by atoms with Crippen LogP contribution in [0.15, 0.2) is 52.0 Å². The lowest BCUT2D eigenvalue weighted by Gasteiger charge is -2.21. The number of thiophene rings is 2. The maximum absolute atomic E-state index is 12.8. The molecule has 7 heteroatoms. The first kappa shape index (κ1) is 18.4. The van der Waals surface area contributed by atoms with E-state index in [1.54, 1.807) is 11.3 Å². The van der Waals surface area contributed by atoms with E-state index in [-0.39, 0.29) is 11.6 Å². The number of H-pyrrole nitrogens is 1. The SMILES string of the molecule is C[C@H](c1nc2scc(-c3cccs3)c2c(=O)[nH]1)[NH+](C)Cc1cccc(Cl)c1. The van der Waals surface area contributed by atoms with Gasteiger partial charge in [0.05, 0.1) is 12.4 Å². The largest absolute Gasteiger partial charge is 0.325 e. The smallest absolute Gasteiger partial charge is 0.260 e. The molecule has 1 unspecified atom stereocenters. The second-order valence-electron chi connectivity index (χ2n) is 6.63. The summed E-state index contributed by atoms with van der Waals surface area (Å²) in [7, 11) is 2.10. The maximum Gasteiger partial charge on any atom is 0.260 e. The lowest BCUT2D eigenvalue weighted by Crippen LogP contribution is -3.07. The van der Waals surface area contributed by atoms with Crippen molar-refractivity contribution in [1.82, 2.24) is 9.97 Å². The average Bonchev–Trinajstić information content (AvgIpc) is 3.30. The standard InChI is InChI=1S/C20H18ClN3OS2/c1-12(24(2)10-13-5-3-6-14(21)9-13)18-22-19(25)17-15(11-27-20(17)23-18)16-7-4-8-26-16/h3-9,11-12H,10H2,1-2H3,(H,22,23,25)/p+1/t12-/m1/s1. The first-order valence-electron chi connectivity index (χ1n) is 8.65. The number of aromatic nitrogens is 2. The van der Waals surface area contributed by atoms with Crippen LogP contribution in [0.4, 0.5) is 0 Å². The van der Waals surface area contributed by atoms with Gasteiger partial charge in [-0.1, -0.05) is 29.8 Å². The van der Waals surface area contributed by atoms with Gasteiger partial charge in [-0.25, -0.2) is 4.98 Å². The number of hydrogen-bond acceptors (Lipinski definition) is 4. The Morgan fingerprint density at radius 1 is 1.26 bits per heavy atom. The van der Waals surface area contributed by atoms with Crippen molar-refractivity contribution < 1.29 is 4.90 Å². The highest BCUT2D eigenvalue weighted by molar-refractivity contribution is 7.18. The highest BCUT2D eigenvalue weighted by Gasteiger charge is 2.21. The molecule has 4 aromatic rings. The monoisotopic (exact) mass is 416 g/mol. The van der Waals surface area contributed by atoms with E-state index in [0.29, 0.717) is 11.2 Å². The van der Waals surface area contributed by atoms with Crippen LogP contribution in [-0.2, 0) is 6.54 Å². The molecule has 3 aromatic heterocycles. The minimum Gasteiger partial charge on any atom is -0.325 e. The molecule has 2 N–H and O–H groups in total. The van der Waals surface area contributed by atoms with E-state index in [1.807, 2.05) is 41.1 Å². The van der Waals surface area contributed by atoms with Gasteiger partial charge >= 0.3 is 0 Å². The Morgan fingerprint density at radius 3 is 2.85 bits per heavy atom. The number of aromatic amines is 1. The van der Waals surface area contributed by atoms with Crippen LogP contribution in [0, 0.1) is 0 Å². The van der Waals surface area contributed by atoms with E-state index < -0.39 is 0 Å². The summed E-state index contributed by atoms with van der Waals surface area (Å²) in [6.07, 6.45) is 0. The molecule has 1 aromatic carbocycles. The van der Waals surface area contributed by atoms with Crippen LogP contribution < -0.4 is 10.5 Å². The molecule has 3 heterocycles. The lowest BCUT2D eigenvalue weighted by atomic mass is 10.1. The number of benzene rings is 1. The Labute approximate surface area is 170 Å². The summed E-state index contributed by atoms with van der Waals surface area (Å²) >= 11 is 9.25. The Kier molecular flexibility index (Phi) is 5.14. The van der Waals surface area contributed by atoms with Crippen LogP contribution in [-0.4, -0.2) is 17.0 Å². The lowest BCUT2D eigenvalue weighted by molar-refractivity contribution is -0.924. The third-order valence-corrected chi connectivity index (χ3v) is 6.78. The van der Waals surface area contributed by atoms with Crippen molar-refractivity contribution in [3.8, 4) is 10.4 Å². The molecular weight excluding hydrogens is 398 g/mol. The number of fused-ring (bicyclic) bond motifs is 1. The summed E-state index contributed by atoms with van der Waals surface area (Å²) in [6, 6.07) is 11.9. The second-order valence-corrected chi connectivity index (χ2v) is 8.87. The van der Waals surface area contributed by atoms with Gasteiger partial charge < -0.3 is 9.88 Å². The predicted octanol–water partition coefficient (Wildman–Crippen LogP) is 4.14. The van der Waals surface area contributed by atoms with E-state index in [1.165, 1.54) is 16.2 Å². The van der Waals surface area contributed by atoms with Gasteiger partial charge in [-0.3, -0.25) is 4.79 Å². The summed E-state index contributed by atoms with van der Waals surface area (Å²) in [6.45, 7) is 2.88. The third-order valence-electron chi connectivity index (χ3n) is 4.77.